The molecule has 0 unspecified atom stereocenters. The smallest absolute Gasteiger partial charge is 0.247 e. The van der Waals surface area contributed by atoms with Crippen molar-refractivity contribution in [3.8, 4) is 0 Å². The fourth-order valence-corrected chi connectivity index (χ4v) is 3.94. The molecule has 0 saturated carbocycles. The summed E-state index contributed by atoms with van der Waals surface area (Å²) >= 11 is 0. The van der Waals surface area contributed by atoms with Gasteiger partial charge in [0.25, 0.3) is 0 Å². The lowest BCUT2D eigenvalue weighted by Gasteiger charge is -2.35. The van der Waals surface area contributed by atoms with Crippen LogP contribution in [0.5, 0.6) is 0 Å². The van der Waals surface area contributed by atoms with Crippen molar-refractivity contribution in [2.45, 2.75) is 45.1 Å². The van der Waals surface area contributed by atoms with Crippen LogP contribution in [0.25, 0.3) is 0 Å². The number of hydrogen-bond acceptors (Lipinski definition) is 4. The third-order valence-corrected chi connectivity index (χ3v) is 5.27. The highest BCUT2D eigenvalue weighted by Crippen LogP contribution is 2.26. The van der Waals surface area contributed by atoms with Gasteiger partial charge in [0, 0.05) is 25.6 Å². The van der Waals surface area contributed by atoms with E-state index in [1.807, 2.05) is 11.8 Å². The number of likely N-dealkylation sites (N-methyl/N-ethyl adjacent to an activating group) is 1. The van der Waals surface area contributed by atoms with Gasteiger partial charge in [-0.1, -0.05) is 0 Å². The molecular formula is C16H25N3O3. The average molecular weight is 307 g/mol. The standard InChI is InChI=1S/C16H25N3O3/c1-2-19-14(20)11-13(16(19)22)17-9-5-12(6-10-17)15(21)18-7-3-4-8-18/h12-13H,2-11H2,1H3/t13-/m0/s1. The summed E-state index contributed by atoms with van der Waals surface area (Å²) in [5.41, 5.74) is 0. The second-order valence-electron chi connectivity index (χ2n) is 6.54. The highest BCUT2D eigenvalue weighted by atomic mass is 16.2. The molecule has 6 heteroatoms. The van der Waals surface area contributed by atoms with Crippen LogP contribution in [-0.4, -0.2) is 71.2 Å². The van der Waals surface area contributed by atoms with E-state index in [1.54, 1.807) is 0 Å². The van der Waals surface area contributed by atoms with E-state index in [2.05, 4.69) is 4.90 Å². The summed E-state index contributed by atoms with van der Waals surface area (Å²) in [5, 5.41) is 0. The predicted molar refractivity (Wildman–Crippen MR) is 80.9 cm³/mol. The molecule has 0 N–H and O–H groups in total. The number of piperidine rings is 1. The molecule has 3 aliphatic heterocycles. The first-order chi connectivity index (χ1) is 10.6. The third-order valence-electron chi connectivity index (χ3n) is 5.27. The molecule has 3 saturated heterocycles. The molecule has 0 radical (unpaired) electrons. The van der Waals surface area contributed by atoms with Gasteiger partial charge in [-0.3, -0.25) is 24.2 Å². The Morgan fingerprint density at radius 2 is 1.73 bits per heavy atom. The van der Waals surface area contributed by atoms with Crippen LogP contribution in [0.1, 0.15) is 39.0 Å². The van der Waals surface area contributed by atoms with Crippen LogP contribution < -0.4 is 0 Å². The van der Waals surface area contributed by atoms with Gasteiger partial charge in [0.1, 0.15) is 0 Å². The summed E-state index contributed by atoms with van der Waals surface area (Å²) in [4.78, 5) is 42.0. The monoisotopic (exact) mass is 307 g/mol. The van der Waals surface area contributed by atoms with Crippen molar-refractivity contribution in [3.63, 3.8) is 0 Å². The zero-order valence-corrected chi connectivity index (χ0v) is 13.3. The molecule has 22 heavy (non-hydrogen) atoms. The van der Waals surface area contributed by atoms with Crippen LogP contribution in [0, 0.1) is 5.92 Å². The van der Waals surface area contributed by atoms with Gasteiger partial charge in [0.05, 0.1) is 12.5 Å². The number of rotatable bonds is 3. The van der Waals surface area contributed by atoms with Crippen molar-refractivity contribution in [1.29, 1.82) is 0 Å². The number of nitrogens with zero attached hydrogens (tertiary/aromatic N) is 3. The quantitative estimate of drug-likeness (QED) is 0.711. The first-order valence-corrected chi connectivity index (χ1v) is 8.49. The Morgan fingerprint density at radius 3 is 2.27 bits per heavy atom. The lowest BCUT2D eigenvalue weighted by atomic mass is 9.94. The zero-order valence-electron chi connectivity index (χ0n) is 13.3. The van der Waals surface area contributed by atoms with Gasteiger partial charge in [-0.15, -0.1) is 0 Å². The fraction of sp³-hybridized carbons (Fsp3) is 0.812. The molecule has 3 amide bonds. The minimum absolute atomic E-state index is 0.0585. The largest absolute Gasteiger partial charge is 0.342 e. The molecule has 3 aliphatic rings. The summed E-state index contributed by atoms with van der Waals surface area (Å²) in [6, 6.07) is -0.296. The lowest BCUT2D eigenvalue weighted by Crippen LogP contribution is -2.48. The Labute approximate surface area is 131 Å². The van der Waals surface area contributed by atoms with Crippen molar-refractivity contribution in [3.05, 3.63) is 0 Å². The molecule has 0 aromatic heterocycles. The van der Waals surface area contributed by atoms with E-state index in [-0.39, 0.29) is 23.8 Å². The summed E-state index contributed by atoms with van der Waals surface area (Å²) in [6.07, 6.45) is 4.16. The molecule has 3 heterocycles. The number of amides is 3. The van der Waals surface area contributed by atoms with E-state index in [0.29, 0.717) is 18.9 Å². The van der Waals surface area contributed by atoms with Crippen molar-refractivity contribution < 1.29 is 14.4 Å². The van der Waals surface area contributed by atoms with Crippen molar-refractivity contribution in [1.82, 2.24) is 14.7 Å². The number of likely N-dealkylation sites (tertiary alicyclic amines) is 3. The topological polar surface area (TPSA) is 60.9 Å². The Bertz CT molecular complexity index is 465. The number of imide groups is 1. The number of carbonyl (C=O) groups is 3. The van der Waals surface area contributed by atoms with Gasteiger partial charge in [-0.25, -0.2) is 0 Å². The summed E-state index contributed by atoms with van der Waals surface area (Å²) in [7, 11) is 0. The summed E-state index contributed by atoms with van der Waals surface area (Å²) in [6.45, 7) is 5.58. The Balaban J connectivity index is 1.54. The Morgan fingerprint density at radius 1 is 1.09 bits per heavy atom. The molecule has 0 aromatic carbocycles. The molecule has 122 valence electrons. The van der Waals surface area contributed by atoms with E-state index in [1.165, 1.54) is 4.90 Å². The highest BCUT2D eigenvalue weighted by molar-refractivity contribution is 6.05. The average Bonchev–Trinajstić information content (AvgIpc) is 3.15. The van der Waals surface area contributed by atoms with E-state index in [9.17, 15) is 14.4 Å². The third kappa shape index (κ3) is 2.76. The van der Waals surface area contributed by atoms with Crippen LogP contribution in [0.2, 0.25) is 0 Å². The first-order valence-electron chi connectivity index (χ1n) is 8.49. The van der Waals surface area contributed by atoms with E-state index in [4.69, 9.17) is 0 Å². The zero-order chi connectivity index (χ0) is 15.7. The van der Waals surface area contributed by atoms with Crippen LogP contribution in [0.4, 0.5) is 0 Å². The predicted octanol–water partition coefficient (Wildman–Crippen LogP) is 0.468. The van der Waals surface area contributed by atoms with Gasteiger partial charge < -0.3 is 4.90 Å². The van der Waals surface area contributed by atoms with Crippen LogP contribution in [-0.2, 0) is 14.4 Å². The van der Waals surface area contributed by atoms with Gasteiger partial charge in [-0.05, 0) is 45.7 Å². The van der Waals surface area contributed by atoms with Gasteiger partial charge >= 0.3 is 0 Å². The van der Waals surface area contributed by atoms with Crippen molar-refractivity contribution in [2.24, 2.45) is 5.92 Å². The number of hydrogen-bond donors (Lipinski definition) is 0. The second-order valence-corrected chi connectivity index (χ2v) is 6.54. The van der Waals surface area contributed by atoms with Crippen molar-refractivity contribution in [2.75, 3.05) is 32.7 Å². The molecule has 0 bridgehead atoms. The van der Waals surface area contributed by atoms with Crippen LogP contribution >= 0.6 is 0 Å². The second kappa shape index (κ2) is 6.36. The Kier molecular flexibility index (Phi) is 4.47. The lowest BCUT2D eigenvalue weighted by molar-refractivity contribution is -0.139. The molecule has 3 rings (SSSR count). The van der Waals surface area contributed by atoms with E-state index >= 15 is 0 Å². The van der Waals surface area contributed by atoms with Gasteiger partial charge in [-0.2, -0.15) is 0 Å². The SMILES string of the molecule is CCN1C(=O)C[C@H](N2CCC(C(=O)N3CCCC3)CC2)C1=O. The van der Waals surface area contributed by atoms with E-state index < -0.39 is 0 Å². The van der Waals surface area contributed by atoms with E-state index in [0.717, 1.165) is 51.9 Å². The molecule has 1 atom stereocenters. The molecular weight excluding hydrogens is 282 g/mol. The maximum Gasteiger partial charge on any atom is 0.247 e. The molecule has 0 aliphatic carbocycles. The fourth-order valence-electron chi connectivity index (χ4n) is 3.94. The maximum atomic E-state index is 12.4. The number of carbonyl (C=O) groups excluding carboxylic acids is 3. The molecule has 0 spiro atoms. The minimum Gasteiger partial charge on any atom is -0.342 e. The van der Waals surface area contributed by atoms with Gasteiger partial charge in [0.15, 0.2) is 0 Å². The van der Waals surface area contributed by atoms with Crippen LogP contribution in [0.15, 0.2) is 0 Å². The van der Waals surface area contributed by atoms with Gasteiger partial charge in [0.2, 0.25) is 17.7 Å². The van der Waals surface area contributed by atoms with Crippen LogP contribution in [0.3, 0.4) is 0 Å². The maximum absolute atomic E-state index is 12.4. The molecule has 3 fully saturated rings. The molecule has 0 aromatic rings. The molecule has 6 nitrogen and oxygen atoms in total. The highest BCUT2D eigenvalue weighted by Gasteiger charge is 2.42. The normalized spacial score (nSPS) is 28.0. The first kappa shape index (κ1) is 15.5. The summed E-state index contributed by atoms with van der Waals surface area (Å²) < 4.78 is 0. The van der Waals surface area contributed by atoms with Crippen molar-refractivity contribution >= 4 is 17.7 Å². The summed E-state index contributed by atoms with van der Waals surface area (Å²) in [5.74, 6) is 0.273. The minimum atomic E-state index is -0.296. The Hall–Kier alpha value is -1.43.